The minimum absolute atomic E-state index is 0.0824. The Hall–Kier alpha value is -3.41. The molecule has 6 nitrogen and oxygen atoms in total. The van der Waals surface area contributed by atoms with Crippen molar-refractivity contribution in [2.75, 3.05) is 13.2 Å². The van der Waals surface area contributed by atoms with Gasteiger partial charge in [-0.2, -0.15) is 0 Å². The Kier molecular flexibility index (Phi) is 68.2. The monoisotopic (exact) mass is 1160 g/mol. The fourth-order valence-electron chi connectivity index (χ4n) is 10.5. The van der Waals surface area contributed by atoms with E-state index >= 15 is 0 Å². The molecule has 0 amide bonds. The number of rotatable bonds is 66. The molecule has 0 aromatic carbocycles. The molecule has 0 bridgehead atoms. The highest BCUT2D eigenvalue weighted by Crippen LogP contribution is 2.18. The second-order valence-corrected chi connectivity index (χ2v) is 24.1. The largest absolute Gasteiger partial charge is 0.462 e. The molecule has 0 aromatic heterocycles. The minimum Gasteiger partial charge on any atom is -0.462 e. The third kappa shape index (κ3) is 69.3. The fourth-order valence-corrected chi connectivity index (χ4v) is 10.5. The maximum Gasteiger partial charge on any atom is 0.306 e. The fraction of sp³-hybridized carbons (Fsp3) is 0.779. The van der Waals surface area contributed by atoms with Crippen LogP contribution in [0.1, 0.15) is 367 Å². The van der Waals surface area contributed by atoms with Crippen LogP contribution in [0.4, 0.5) is 0 Å². The summed E-state index contributed by atoms with van der Waals surface area (Å²) in [5.41, 5.74) is 0. The van der Waals surface area contributed by atoms with E-state index in [1.54, 1.807) is 0 Å². The normalized spacial score (nSPS) is 12.6. The Balaban J connectivity index is 4.36. The molecule has 0 radical (unpaired) electrons. The average molecular weight is 1160 g/mol. The first-order valence-electron chi connectivity index (χ1n) is 36.1. The van der Waals surface area contributed by atoms with Crippen LogP contribution in [0.3, 0.4) is 0 Å². The Morgan fingerprint density at radius 3 is 0.735 bits per heavy atom. The van der Waals surface area contributed by atoms with Crippen LogP contribution in [0.5, 0.6) is 0 Å². The van der Waals surface area contributed by atoms with Gasteiger partial charge in [0.1, 0.15) is 13.2 Å². The van der Waals surface area contributed by atoms with Gasteiger partial charge in [-0.05, 0) is 77.0 Å². The lowest BCUT2D eigenvalue weighted by atomic mass is 10.0. The van der Waals surface area contributed by atoms with E-state index < -0.39 is 6.10 Å². The van der Waals surface area contributed by atoms with Crippen molar-refractivity contribution in [3.05, 3.63) is 85.1 Å². The van der Waals surface area contributed by atoms with Gasteiger partial charge in [-0.25, -0.2) is 0 Å². The molecule has 0 aromatic rings. The Morgan fingerprint density at radius 1 is 0.253 bits per heavy atom. The van der Waals surface area contributed by atoms with E-state index in [0.29, 0.717) is 19.3 Å². The second-order valence-electron chi connectivity index (χ2n) is 24.1. The van der Waals surface area contributed by atoms with Gasteiger partial charge < -0.3 is 14.2 Å². The number of hydrogen-bond donors (Lipinski definition) is 0. The lowest BCUT2D eigenvalue weighted by molar-refractivity contribution is -0.167. The molecule has 83 heavy (non-hydrogen) atoms. The van der Waals surface area contributed by atoms with Gasteiger partial charge in [-0.1, -0.05) is 356 Å². The number of ether oxygens (including phenoxy) is 3. The van der Waals surface area contributed by atoms with Gasteiger partial charge in [0.15, 0.2) is 6.10 Å². The second kappa shape index (κ2) is 71.1. The van der Waals surface area contributed by atoms with Crippen molar-refractivity contribution >= 4 is 17.9 Å². The van der Waals surface area contributed by atoms with Crippen molar-refractivity contribution in [2.45, 2.75) is 374 Å². The molecular weight excluding hydrogens is 1020 g/mol. The molecule has 0 rings (SSSR count). The van der Waals surface area contributed by atoms with Crippen LogP contribution in [0.15, 0.2) is 85.1 Å². The highest BCUT2D eigenvalue weighted by Gasteiger charge is 2.19. The Bertz CT molecular complexity index is 1570. The molecular formula is C77H136O6. The summed E-state index contributed by atoms with van der Waals surface area (Å²) < 4.78 is 17.0. The number of allylic oxidation sites excluding steroid dienone is 14. The standard InChI is InChI=1S/C77H136O6/c1-4-7-10-13-16-19-22-25-28-30-32-34-36-38-40-42-44-46-49-52-55-58-61-64-67-70-76(79)82-73-74(72-81-75(78)69-66-63-60-57-54-51-48-27-24-21-18-15-12-9-6-3)83-77(80)71-68-65-62-59-56-53-50-47-45-43-41-39-37-35-33-31-29-26-23-20-17-14-11-8-5-2/h7,10,16,19,25,28,32,34,38,40,44,46,52,55,74H,4-6,8-9,11-15,17-18,20-24,26-27,29-31,33,35-37,39,41-43,45,47-51,53-54,56-73H2,1-3H3/b10-7-,19-16-,28-25-,34-32-,40-38-,46-44-,55-52-. The van der Waals surface area contributed by atoms with Gasteiger partial charge in [0.2, 0.25) is 0 Å². The summed E-state index contributed by atoms with van der Waals surface area (Å²) in [6.07, 6.45) is 94.7. The molecule has 1 unspecified atom stereocenters. The zero-order valence-corrected chi connectivity index (χ0v) is 55.2. The Labute approximate surface area is 515 Å². The summed E-state index contributed by atoms with van der Waals surface area (Å²) in [5, 5.41) is 0. The third-order valence-corrected chi connectivity index (χ3v) is 15.9. The predicted molar refractivity (Wildman–Crippen MR) is 362 cm³/mol. The average Bonchev–Trinajstić information content (AvgIpc) is 3.49. The molecule has 0 saturated heterocycles. The van der Waals surface area contributed by atoms with Gasteiger partial charge in [0.05, 0.1) is 0 Å². The van der Waals surface area contributed by atoms with Crippen LogP contribution >= 0.6 is 0 Å². The van der Waals surface area contributed by atoms with E-state index in [4.69, 9.17) is 14.2 Å². The van der Waals surface area contributed by atoms with Gasteiger partial charge in [-0.3, -0.25) is 14.4 Å². The molecule has 0 aliphatic carbocycles. The first-order valence-corrected chi connectivity index (χ1v) is 36.1. The summed E-state index contributed by atoms with van der Waals surface area (Å²) in [4.78, 5) is 38.5. The molecule has 0 fully saturated rings. The lowest BCUT2D eigenvalue weighted by Gasteiger charge is -2.18. The summed E-state index contributed by atoms with van der Waals surface area (Å²) in [7, 11) is 0. The summed E-state index contributed by atoms with van der Waals surface area (Å²) in [6.45, 7) is 6.56. The number of carbonyl (C=O) groups is 3. The molecule has 480 valence electrons. The molecule has 6 heteroatoms. The van der Waals surface area contributed by atoms with Crippen molar-refractivity contribution in [1.82, 2.24) is 0 Å². The van der Waals surface area contributed by atoms with E-state index in [1.807, 2.05) is 0 Å². The SMILES string of the molecule is CC/C=C\C/C=C\C/C=C\C/C=C\C/C=C\C/C=C\C/C=C\CCCCCC(=O)OCC(COC(=O)CCCCCCCCCCCCCCCCC)OC(=O)CCCCCCCCCCCCCCCCCCCCCCCCCCC. The lowest BCUT2D eigenvalue weighted by Crippen LogP contribution is -2.30. The van der Waals surface area contributed by atoms with Crippen molar-refractivity contribution in [1.29, 1.82) is 0 Å². The predicted octanol–water partition coefficient (Wildman–Crippen LogP) is 25.0. The van der Waals surface area contributed by atoms with Gasteiger partial charge >= 0.3 is 17.9 Å². The van der Waals surface area contributed by atoms with Gasteiger partial charge in [0, 0.05) is 19.3 Å². The van der Waals surface area contributed by atoms with Crippen molar-refractivity contribution in [3.63, 3.8) is 0 Å². The minimum atomic E-state index is -0.790. The Morgan fingerprint density at radius 2 is 0.470 bits per heavy atom. The van der Waals surface area contributed by atoms with Crippen molar-refractivity contribution in [2.24, 2.45) is 0 Å². The molecule has 0 aliphatic heterocycles. The molecule has 1 atom stereocenters. The van der Waals surface area contributed by atoms with Gasteiger partial charge in [0.25, 0.3) is 0 Å². The smallest absolute Gasteiger partial charge is 0.306 e. The van der Waals surface area contributed by atoms with Crippen LogP contribution in [-0.2, 0) is 28.6 Å². The van der Waals surface area contributed by atoms with Crippen LogP contribution in [-0.4, -0.2) is 37.2 Å². The molecule has 0 saturated carbocycles. The number of hydrogen-bond acceptors (Lipinski definition) is 6. The van der Waals surface area contributed by atoms with Crippen LogP contribution in [0, 0.1) is 0 Å². The molecule has 0 heterocycles. The summed E-state index contributed by atoms with van der Waals surface area (Å²) in [5.74, 6) is -0.894. The van der Waals surface area contributed by atoms with Gasteiger partial charge in [-0.15, -0.1) is 0 Å². The summed E-state index contributed by atoms with van der Waals surface area (Å²) >= 11 is 0. The maximum absolute atomic E-state index is 13.0. The first-order chi connectivity index (χ1) is 41.0. The zero-order valence-electron chi connectivity index (χ0n) is 55.2. The van der Waals surface area contributed by atoms with E-state index in [9.17, 15) is 14.4 Å². The summed E-state index contributed by atoms with van der Waals surface area (Å²) in [6, 6.07) is 0. The zero-order chi connectivity index (χ0) is 59.9. The molecule has 0 N–H and O–H groups in total. The number of esters is 3. The topological polar surface area (TPSA) is 78.9 Å². The first kappa shape index (κ1) is 79.6. The highest BCUT2D eigenvalue weighted by atomic mass is 16.6. The van der Waals surface area contributed by atoms with Crippen LogP contribution in [0.2, 0.25) is 0 Å². The van der Waals surface area contributed by atoms with Crippen LogP contribution < -0.4 is 0 Å². The number of unbranched alkanes of at least 4 members (excludes halogenated alkanes) is 41. The molecule has 0 spiro atoms. The molecule has 0 aliphatic rings. The third-order valence-electron chi connectivity index (χ3n) is 15.9. The van der Waals surface area contributed by atoms with Crippen molar-refractivity contribution < 1.29 is 28.6 Å². The van der Waals surface area contributed by atoms with E-state index in [-0.39, 0.29) is 31.1 Å². The van der Waals surface area contributed by atoms with Crippen LogP contribution in [0.25, 0.3) is 0 Å². The maximum atomic E-state index is 13.0. The van der Waals surface area contributed by atoms with E-state index in [2.05, 4.69) is 106 Å². The van der Waals surface area contributed by atoms with E-state index in [1.165, 1.54) is 218 Å². The van der Waals surface area contributed by atoms with E-state index in [0.717, 1.165) is 109 Å². The highest BCUT2D eigenvalue weighted by molar-refractivity contribution is 5.71. The van der Waals surface area contributed by atoms with Crippen molar-refractivity contribution in [3.8, 4) is 0 Å². The number of carbonyl (C=O) groups excluding carboxylic acids is 3. The quantitative estimate of drug-likeness (QED) is 0.0261.